The first-order valence-corrected chi connectivity index (χ1v) is 7.42. The van der Waals surface area contributed by atoms with Gasteiger partial charge in [-0.15, -0.1) is 0 Å². The topological polar surface area (TPSA) is 38.3 Å². The Hall–Kier alpha value is -1.51. The van der Waals surface area contributed by atoms with E-state index < -0.39 is 5.54 Å². The molecular weight excluding hydrogens is 250 g/mol. The number of rotatable bonds is 3. The Labute approximate surface area is 121 Å². The summed E-state index contributed by atoms with van der Waals surface area (Å²) in [5.74, 6) is 0.792. The molecule has 1 aromatic rings. The summed E-state index contributed by atoms with van der Waals surface area (Å²) in [5.41, 5.74) is 1.59. The highest BCUT2D eigenvalue weighted by atomic mass is 16.5. The van der Waals surface area contributed by atoms with Crippen molar-refractivity contribution in [3.63, 3.8) is 0 Å². The van der Waals surface area contributed by atoms with Gasteiger partial charge >= 0.3 is 5.97 Å². The normalized spacial score (nSPS) is 29.8. The largest absolute Gasteiger partial charge is 0.467 e. The van der Waals surface area contributed by atoms with Crippen LogP contribution in [-0.2, 0) is 9.53 Å². The maximum absolute atomic E-state index is 12.4. The Kier molecular flexibility index (Phi) is 4.36. The van der Waals surface area contributed by atoms with Gasteiger partial charge in [-0.25, -0.2) is 4.79 Å². The van der Waals surface area contributed by atoms with Crippen LogP contribution in [0.4, 0.5) is 5.69 Å². The van der Waals surface area contributed by atoms with Crippen LogP contribution in [0.1, 0.15) is 38.7 Å². The van der Waals surface area contributed by atoms with E-state index in [-0.39, 0.29) is 11.9 Å². The van der Waals surface area contributed by atoms with Crippen LogP contribution in [0.5, 0.6) is 0 Å². The van der Waals surface area contributed by atoms with Gasteiger partial charge in [0.15, 0.2) is 0 Å². The SMILES string of the molecule is COC(=O)C1(Nc2ccccc2C)CCC(C)CC1C. The van der Waals surface area contributed by atoms with E-state index in [9.17, 15) is 4.79 Å². The van der Waals surface area contributed by atoms with Crippen LogP contribution in [-0.4, -0.2) is 18.6 Å². The number of aryl methyl sites for hydroxylation is 1. The fourth-order valence-electron chi connectivity index (χ4n) is 3.32. The van der Waals surface area contributed by atoms with Gasteiger partial charge in [0.25, 0.3) is 0 Å². The predicted octanol–water partition coefficient (Wildman–Crippen LogP) is 3.77. The number of esters is 1. The highest BCUT2D eigenvalue weighted by Crippen LogP contribution is 2.40. The minimum Gasteiger partial charge on any atom is -0.467 e. The molecule has 3 unspecified atom stereocenters. The molecule has 110 valence electrons. The summed E-state index contributed by atoms with van der Waals surface area (Å²) in [7, 11) is 1.48. The molecule has 0 aromatic heterocycles. The molecule has 0 heterocycles. The number of para-hydroxylation sites is 1. The molecule has 0 aliphatic heterocycles. The zero-order valence-corrected chi connectivity index (χ0v) is 12.9. The molecular formula is C17H25NO2. The minimum absolute atomic E-state index is 0.139. The third-order valence-electron chi connectivity index (χ3n) is 4.68. The van der Waals surface area contributed by atoms with Gasteiger partial charge in [0.05, 0.1) is 7.11 Å². The molecule has 3 atom stereocenters. The quantitative estimate of drug-likeness (QED) is 0.853. The molecule has 0 bridgehead atoms. The van der Waals surface area contributed by atoms with Gasteiger partial charge in [-0.3, -0.25) is 0 Å². The molecule has 3 heteroatoms. The van der Waals surface area contributed by atoms with Crippen molar-refractivity contribution in [3.8, 4) is 0 Å². The number of benzene rings is 1. The number of ether oxygens (including phenoxy) is 1. The third kappa shape index (κ3) is 2.67. The molecule has 0 saturated heterocycles. The fraction of sp³-hybridized carbons (Fsp3) is 0.588. The first-order chi connectivity index (χ1) is 9.49. The summed E-state index contributed by atoms with van der Waals surface area (Å²) in [4.78, 5) is 12.4. The number of nitrogens with one attached hydrogen (secondary N) is 1. The second-order valence-electron chi connectivity index (χ2n) is 6.18. The highest BCUT2D eigenvalue weighted by molar-refractivity contribution is 5.85. The number of carbonyl (C=O) groups is 1. The van der Waals surface area contributed by atoms with Crippen LogP contribution < -0.4 is 5.32 Å². The first kappa shape index (κ1) is 14.9. The van der Waals surface area contributed by atoms with Crippen LogP contribution in [0.3, 0.4) is 0 Å². The zero-order chi connectivity index (χ0) is 14.8. The van der Waals surface area contributed by atoms with Gasteiger partial charge in [0.1, 0.15) is 5.54 Å². The smallest absolute Gasteiger partial charge is 0.331 e. The fourth-order valence-corrected chi connectivity index (χ4v) is 3.32. The molecule has 0 radical (unpaired) electrons. The summed E-state index contributed by atoms with van der Waals surface area (Å²) in [6.07, 6.45) is 2.93. The van der Waals surface area contributed by atoms with Crippen LogP contribution in [0, 0.1) is 18.8 Å². The van der Waals surface area contributed by atoms with Crippen molar-refractivity contribution in [3.05, 3.63) is 29.8 Å². The van der Waals surface area contributed by atoms with Crippen molar-refractivity contribution in [1.29, 1.82) is 0 Å². The van der Waals surface area contributed by atoms with Crippen LogP contribution in [0.25, 0.3) is 0 Å². The summed E-state index contributed by atoms with van der Waals surface area (Å²) in [6.45, 7) is 6.47. The lowest BCUT2D eigenvalue weighted by molar-refractivity contribution is -0.149. The van der Waals surface area contributed by atoms with E-state index in [1.807, 2.05) is 18.2 Å². The van der Waals surface area contributed by atoms with E-state index in [0.29, 0.717) is 5.92 Å². The molecule has 1 aliphatic carbocycles. The third-order valence-corrected chi connectivity index (χ3v) is 4.68. The average molecular weight is 275 g/mol. The molecule has 20 heavy (non-hydrogen) atoms. The van der Waals surface area contributed by atoms with Gasteiger partial charge in [-0.1, -0.05) is 32.0 Å². The number of hydrogen-bond acceptors (Lipinski definition) is 3. The summed E-state index contributed by atoms with van der Waals surface area (Å²) in [6, 6.07) is 8.10. The monoisotopic (exact) mass is 275 g/mol. The lowest BCUT2D eigenvalue weighted by Gasteiger charge is -2.43. The van der Waals surface area contributed by atoms with Gasteiger partial charge < -0.3 is 10.1 Å². The molecule has 1 aliphatic rings. The molecule has 1 saturated carbocycles. The lowest BCUT2D eigenvalue weighted by Crippen LogP contribution is -2.55. The van der Waals surface area contributed by atoms with E-state index in [4.69, 9.17) is 4.74 Å². The summed E-state index contributed by atoms with van der Waals surface area (Å²) < 4.78 is 5.11. The van der Waals surface area contributed by atoms with Crippen LogP contribution >= 0.6 is 0 Å². The number of hydrogen-bond donors (Lipinski definition) is 1. The average Bonchev–Trinajstić information content (AvgIpc) is 2.43. The Morgan fingerprint density at radius 2 is 2.05 bits per heavy atom. The van der Waals surface area contributed by atoms with Crippen LogP contribution in [0.15, 0.2) is 24.3 Å². The Bertz CT molecular complexity index is 486. The zero-order valence-electron chi connectivity index (χ0n) is 12.9. The van der Waals surface area contributed by atoms with Gasteiger partial charge in [-0.2, -0.15) is 0 Å². The van der Waals surface area contributed by atoms with E-state index in [2.05, 4.69) is 32.2 Å². The predicted molar refractivity (Wildman–Crippen MR) is 81.7 cm³/mol. The second-order valence-corrected chi connectivity index (χ2v) is 6.18. The van der Waals surface area contributed by atoms with E-state index in [1.165, 1.54) is 7.11 Å². The first-order valence-electron chi connectivity index (χ1n) is 7.42. The standard InChI is InChI=1S/C17H25NO2/c1-12-9-10-17(14(3)11-12,16(19)20-4)18-15-8-6-5-7-13(15)2/h5-8,12,14,18H,9-11H2,1-4H3. The summed E-state index contributed by atoms with van der Waals surface area (Å²) >= 11 is 0. The molecule has 1 aromatic carbocycles. The molecule has 0 amide bonds. The van der Waals surface area contributed by atoms with Crippen molar-refractivity contribution in [2.45, 2.75) is 45.6 Å². The Balaban J connectivity index is 2.33. The van der Waals surface area contributed by atoms with Crippen LogP contribution in [0.2, 0.25) is 0 Å². The molecule has 3 nitrogen and oxygen atoms in total. The second kappa shape index (κ2) is 5.86. The molecule has 0 spiro atoms. The molecule has 1 fully saturated rings. The van der Waals surface area contributed by atoms with E-state index >= 15 is 0 Å². The van der Waals surface area contributed by atoms with E-state index in [1.54, 1.807) is 0 Å². The molecule has 1 N–H and O–H groups in total. The maximum Gasteiger partial charge on any atom is 0.331 e. The van der Waals surface area contributed by atoms with E-state index in [0.717, 1.165) is 30.5 Å². The minimum atomic E-state index is -0.590. The van der Waals surface area contributed by atoms with Crippen molar-refractivity contribution < 1.29 is 9.53 Å². The Morgan fingerprint density at radius 1 is 1.35 bits per heavy atom. The number of methoxy groups -OCH3 is 1. The lowest BCUT2D eigenvalue weighted by atomic mass is 9.69. The highest BCUT2D eigenvalue weighted by Gasteiger charge is 2.47. The Morgan fingerprint density at radius 3 is 2.65 bits per heavy atom. The number of anilines is 1. The van der Waals surface area contributed by atoms with Gasteiger partial charge in [-0.05, 0) is 49.7 Å². The van der Waals surface area contributed by atoms with Crippen molar-refractivity contribution in [2.75, 3.05) is 12.4 Å². The van der Waals surface area contributed by atoms with Gasteiger partial charge in [0.2, 0.25) is 0 Å². The summed E-state index contributed by atoms with van der Waals surface area (Å²) in [5, 5.41) is 3.51. The van der Waals surface area contributed by atoms with Crippen molar-refractivity contribution in [2.24, 2.45) is 11.8 Å². The maximum atomic E-state index is 12.4. The van der Waals surface area contributed by atoms with Gasteiger partial charge in [0, 0.05) is 5.69 Å². The van der Waals surface area contributed by atoms with Crippen molar-refractivity contribution >= 4 is 11.7 Å². The number of carbonyl (C=O) groups excluding carboxylic acids is 1. The molecule has 2 rings (SSSR count). The van der Waals surface area contributed by atoms with Crippen molar-refractivity contribution in [1.82, 2.24) is 0 Å².